The van der Waals surface area contributed by atoms with Crippen LogP contribution in [0.25, 0.3) is 0 Å². The molecule has 0 bridgehead atoms. The fourth-order valence-corrected chi connectivity index (χ4v) is 3.06. The van der Waals surface area contributed by atoms with Crippen LogP contribution in [0.4, 0.5) is 4.39 Å². The fourth-order valence-electron chi connectivity index (χ4n) is 2.14. The molecule has 1 amide bonds. The average Bonchev–Trinajstić information content (AvgIpc) is 2.47. The Bertz CT molecular complexity index is 432. The van der Waals surface area contributed by atoms with Crippen molar-refractivity contribution in [2.24, 2.45) is 5.92 Å². The Morgan fingerprint density at radius 1 is 1.40 bits per heavy atom. The van der Waals surface area contributed by atoms with Gasteiger partial charge in [0.25, 0.3) is 0 Å². The fraction of sp³-hybridized carbons (Fsp3) is 0.533. The molecule has 110 valence electrons. The lowest BCUT2D eigenvalue weighted by Gasteiger charge is -2.25. The molecule has 3 nitrogen and oxygen atoms in total. The third-order valence-electron chi connectivity index (χ3n) is 3.45. The summed E-state index contributed by atoms with van der Waals surface area (Å²) in [5, 5.41) is 6.39. The SMILES string of the molecule is CC(CSc1ccc(F)cc1)C(=O)NC1CCNCC1. The number of nitrogens with one attached hydrogen (secondary N) is 2. The molecule has 1 aromatic rings. The van der Waals surface area contributed by atoms with Crippen LogP contribution in [0.2, 0.25) is 0 Å². The zero-order valence-electron chi connectivity index (χ0n) is 11.7. The van der Waals surface area contributed by atoms with Crippen LogP contribution >= 0.6 is 11.8 Å². The van der Waals surface area contributed by atoms with Crippen molar-refractivity contribution in [3.8, 4) is 0 Å². The monoisotopic (exact) mass is 296 g/mol. The number of piperidine rings is 1. The first-order chi connectivity index (χ1) is 9.65. The summed E-state index contributed by atoms with van der Waals surface area (Å²) in [5.74, 6) is 0.556. The van der Waals surface area contributed by atoms with Crippen LogP contribution in [0.1, 0.15) is 19.8 Å². The first kappa shape index (κ1) is 15.3. The van der Waals surface area contributed by atoms with E-state index in [1.165, 1.54) is 12.1 Å². The number of benzene rings is 1. The number of amides is 1. The molecular formula is C15H21FN2OS. The Morgan fingerprint density at radius 3 is 2.70 bits per heavy atom. The molecule has 0 aromatic heterocycles. The van der Waals surface area contributed by atoms with Crippen LogP contribution in [-0.4, -0.2) is 30.8 Å². The summed E-state index contributed by atoms with van der Waals surface area (Å²) < 4.78 is 12.8. The molecule has 0 spiro atoms. The highest BCUT2D eigenvalue weighted by molar-refractivity contribution is 7.99. The number of hydrogen-bond donors (Lipinski definition) is 2. The summed E-state index contributed by atoms with van der Waals surface area (Å²) in [6, 6.07) is 6.70. The molecule has 1 saturated heterocycles. The van der Waals surface area contributed by atoms with Crippen LogP contribution in [0.15, 0.2) is 29.2 Å². The molecule has 2 N–H and O–H groups in total. The van der Waals surface area contributed by atoms with Gasteiger partial charge in [-0.2, -0.15) is 0 Å². The smallest absolute Gasteiger partial charge is 0.223 e. The third-order valence-corrected chi connectivity index (χ3v) is 4.72. The molecule has 0 saturated carbocycles. The van der Waals surface area contributed by atoms with E-state index in [1.807, 2.05) is 6.92 Å². The predicted octanol–water partition coefficient (Wildman–Crippen LogP) is 2.42. The Hall–Kier alpha value is -1.07. The van der Waals surface area contributed by atoms with E-state index >= 15 is 0 Å². The van der Waals surface area contributed by atoms with Gasteiger partial charge in [-0.25, -0.2) is 4.39 Å². The van der Waals surface area contributed by atoms with E-state index in [-0.39, 0.29) is 17.6 Å². The first-order valence-electron chi connectivity index (χ1n) is 7.04. The molecule has 0 radical (unpaired) electrons. The summed E-state index contributed by atoms with van der Waals surface area (Å²) >= 11 is 1.59. The maximum atomic E-state index is 12.8. The normalized spacial score (nSPS) is 17.7. The number of hydrogen-bond acceptors (Lipinski definition) is 3. The topological polar surface area (TPSA) is 41.1 Å². The summed E-state index contributed by atoms with van der Waals surface area (Å²) in [5.41, 5.74) is 0. The second kappa shape index (κ2) is 7.64. The summed E-state index contributed by atoms with van der Waals surface area (Å²) in [6.07, 6.45) is 2.01. The van der Waals surface area contributed by atoms with Gasteiger partial charge in [0.1, 0.15) is 5.82 Å². The lowest BCUT2D eigenvalue weighted by atomic mass is 10.1. The van der Waals surface area contributed by atoms with Gasteiger partial charge < -0.3 is 10.6 Å². The molecule has 1 aromatic carbocycles. The standard InChI is InChI=1S/C15H21FN2OS/c1-11(10-20-14-4-2-12(16)3-5-14)15(19)18-13-6-8-17-9-7-13/h2-5,11,13,17H,6-10H2,1H3,(H,18,19). The Morgan fingerprint density at radius 2 is 2.05 bits per heavy atom. The number of thioether (sulfide) groups is 1. The van der Waals surface area contributed by atoms with E-state index in [2.05, 4.69) is 10.6 Å². The van der Waals surface area contributed by atoms with Crippen molar-refractivity contribution in [1.29, 1.82) is 0 Å². The molecule has 1 atom stereocenters. The van der Waals surface area contributed by atoms with Gasteiger partial charge in [-0.15, -0.1) is 11.8 Å². The zero-order valence-corrected chi connectivity index (χ0v) is 12.5. The molecule has 1 unspecified atom stereocenters. The van der Waals surface area contributed by atoms with Crippen molar-refractivity contribution >= 4 is 17.7 Å². The highest BCUT2D eigenvalue weighted by atomic mass is 32.2. The molecule has 1 aliphatic heterocycles. The van der Waals surface area contributed by atoms with E-state index in [4.69, 9.17) is 0 Å². The Kier molecular flexibility index (Phi) is 5.86. The van der Waals surface area contributed by atoms with Gasteiger partial charge in [0.2, 0.25) is 5.91 Å². The quantitative estimate of drug-likeness (QED) is 0.820. The second-order valence-corrected chi connectivity index (χ2v) is 6.29. The van der Waals surface area contributed by atoms with Crippen molar-refractivity contribution in [2.75, 3.05) is 18.8 Å². The molecule has 20 heavy (non-hydrogen) atoms. The van der Waals surface area contributed by atoms with Crippen molar-refractivity contribution in [1.82, 2.24) is 10.6 Å². The molecule has 1 aliphatic rings. The molecule has 1 fully saturated rings. The van der Waals surface area contributed by atoms with Crippen molar-refractivity contribution in [3.05, 3.63) is 30.1 Å². The number of halogens is 1. The highest BCUT2D eigenvalue weighted by Gasteiger charge is 2.19. The molecule has 0 aliphatic carbocycles. The highest BCUT2D eigenvalue weighted by Crippen LogP contribution is 2.21. The summed E-state index contributed by atoms with van der Waals surface area (Å²) in [4.78, 5) is 13.1. The van der Waals surface area contributed by atoms with E-state index in [9.17, 15) is 9.18 Å². The second-order valence-electron chi connectivity index (χ2n) is 5.20. The lowest BCUT2D eigenvalue weighted by Crippen LogP contribution is -2.44. The van der Waals surface area contributed by atoms with Gasteiger partial charge in [-0.3, -0.25) is 4.79 Å². The minimum absolute atomic E-state index is 0.0417. The predicted molar refractivity (Wildman–Crippen MR) is 80.3 cm³/mol. The largest absolute Gasteiger partial charge is 0.353 e. The van der Waals surface area contributed by atoms with Gasteiger partial charge in [0.05, 0.1) is 0 Å². The molecular weight excluding hydrogens is 275 g/mol. The number of carbonyl (C=O) groups excluding carboxylic acids is 1. The maximum Gasteiger partial charge on any atom is 0.223 e. The van der Waals surface area contributed by atoms with Crippen molar-refractivity contribution in [3.63, 3.8) is 0 Å². The summed E-state index contributed by atoms with van der Waals surface area (Å²) in [7, 11) is 0. The van der Waals surface area contributed by atoms with E-state index in [0.29, 0.717) is 11.8 Å². The lowest BCUT2D eigenvalue weighted by molar-refractivity contribution is -0.124. The van der Waals surface area contributed by atoms with Crippen LogP contribution in [0.3, 0.4) is 0 Å². The van der Waals surface area contributed by atoms with Crippen LogP contribution in [-0.2, 0) is 4.79 Å². The van der Waals surface area contributed by atoms with E-state index in [1.54, 1.807) is 23.9 Å². The minimum atomic E-state index is -0.231. The van der Waals surface area contributed by atoms with Gasteiger partial charge in [-0.1, -0.05) is 6.92 Å². The van der Waals surface area contributed by atoms with Gasteiger partial charge in [0.15, 0.2) is 0 Å². The van der Waals surface area contributed by atoms with Crippen LogP contribution < -0.4 is 10.6 Å². The summed E-state index contributed by atoms with van der Waals surface area (Å²) in [6.45, 7) is 3.89. The first-order valence-corrected chi connectivity index (χ1v) is 8.03. The van der Waals surface area contributed by atoms with Gasteiger partial charge >= 0.3 is 0 Å². The van der Waals surface area contributed by atoms with Gasteiger partial charge in [0, 0.05) is 22.6 Å². The minimum Gasteiger partial charge on any atom is -0.353 e. The Balaban J connectivity index is 1.74. The molecule has 1 heterocycles. The maximum absolute atomic E-state index is 12.8. The zero-order chi connectivity index (χ0) is 14.4. The van der Waals surface area contributed by atoms with Crippen molar-refractivity contribution < 1.29 is 9.18 Å². The van der Waals surface area contributed by atoms with Crippen LogP contribution in [0.5, 0.6) is 0 Å². The van der Waals surface area contributed by atoms with E-state index in [0.717, 1.165) is 30.8 Å². The molecule has 5 heteroatoms. The van der Waals surface area contributed by atoms with Crippen molar-refractivity contribution in [2.45, 2.75) is 30.7 Å². The third kappa shape index (κ3) is 4.80. The number of carbonyl (C=O) groups is 1. The average molecular weight is 296 g/mol. The van der Waals surface area contributed by atoms with E-state index < -0.39 is 0 Å². The van der Waals surface area contributed by atoms with Crippen LogP contribution in [0, 0.1) is 11.7 Å². The van der Waals surface area contributed by atoms with Gasteiger partial charge in [-0.05, 0) is 50.2 Å². The molecule has 2 rings (SSSR count). The Labute approximate surface area is 123 Å². The number of rotatable bonds is 5.